The number of carbonyl (C=O) groups is 1. The lowest BCUT2D eigenvalue weighted by atomic mass is 10.1. The minimum absolute atomic E-state index is 0.0305. The minimum atomic E-state index is -0.422. The zero-order valence-electron chi connectivity index (χ0n) is 14.9. The Morgan fingerprint density at radius 3 is 2.19 bits per heavy atom. The first kappa shape index (κ1) is 17.5. The van der Waals surface area contributed by atoms with E-state index in [1.54, 1.807) is 24.3 Å². The maximum Gasteiger partial charge on any atom is 0.261 e. The van der Waals surface area contributed by atoms with E-state index in [1.165, 1.54) is 45.1 Å². The van der Waals surface area contributed by atoms with Crippen LogP contribution in [0.25, 0.3) is 10.9 Å². The topological polar surface area (TPSA) is 79.7 Å². The molecule has 0 amide bonds. The SMILES string of the molecule is COc1cc(C(=O)c2nc3ccccc3c(=O)n2C)cc(OC)c1OC. The quantitative estimate of drug-likeness (QED) is 0.654. The average Bonchev–Trinajstić information content (AvgIpc) is 2.68. The molecular formula is C19H18N2O5. The predicted molar refractivity (Wildman–Crippen MR) is 96.5 cm³/mol. The summed E-state index contributed by atoms with van der Waals surface area (Å²) in [6, 6.07) is 9.96. The lowest BCUT2D eigenvalue weighted by Crippen LogP contribution is -2.25. The van der Waals surface area contributed by atoms with Crippen LogP contribution in [0.5, 0.6) is 17.2 Å². The van der Waals surface area contributed by atoms with E-state index < -0.39 is 5.78 Å². The average molecular weight is 354 g/mol. The van der Waals surface area contributed by atoms with Gasteiger partial charge in [-0.2, -0.15) is 0 Å². The molecule has 0 N–H and O–H groups in total. The first-order chi connectivity index (χ1) is 12.5. The fourth-order valence-electron chi connectivity index (χ4n) is 2.76. The van der Waals surface area contributed by atoms with Crippen LogP contribution in [0.1, 0.15) is 16.2 Å². The summed E-state index contributed by atoms with van der Waals surface area (Å²) in [6.07, 6.45) is 0. The van der Waals surface area contributed by atoms with E-state index in [0.717, 1.165) is 0 Å². The molecule has 7 nitrogen and oxygen atoms in total. The highest BCUT2D eigenvalue weighted by atomic mass is 16.5. The molecule has 134 valence electrons. The zero-order chi connectivity index (χ0) is 18.8. The number of nitrogens with zero attached hydrogens (tertiary/aromatic N) is 2. The molecule has 2 aromatic carbocycles. The van der Waals surface area contributed by atoms with E-state index in [4.69, 9.17) is 14.2 Å². The van der Waals surface area contributed by atoms with Crippen LogP contribution in [-0.2, 0) is 7.05 Å². The van der Waals surface area contributed by atoms with Crippen molar-refractivity contribution < 1.29 is 19.0 Å². The molecule has 0 aliphatic rings. The molecule has 0 spiro atoms. The number of methoxy groups -OCH3 is 3. The fraction of sp³-hybridized carbons (Fsp3) is 0.211. The molecular weight excluding hydrogens is 336 g/mol. The minimum Gasteiger partial charge on any atom is -0.493 e. The van der Waals surface area contributed by atoms with Gasteiger partial charge in [-0.25, -0.2) is 4.98 Å². The van der Waals surface area contributed by atoms with Crippen LogP contribution in [0.2, 0.25) is 0 Å². The van der Waals surface area contributed by atoms with Gasteiger partial charge in [-0.1, -0.05) is 12.1 Å². The zero-order valence-corrected chi connectivity index (χ0v) is 14.9. The summed E-state index contributed by atoms with van der Waals surface area (Å²) in [5.41, 5.74) is 0.454. The summed E-state index contributed by atoms with van der Waals surface area (Å²) in [7, 11) is 5.94. The summed E-state index contributed by atoms with van der Waals surface area (Å²) in [4.78, 5) is 29.9. The first-order valence-corrected chi connectivity index (χ1v) is 7.82. The lowest BCUT2D eigenvalue weighted by Gasteiger charge is -2.14. The number of rotatable bonds is 5. The van der Waals surface area contributed by atoms with Gasteiger partial charge in [0, 0.05) is 12.6 Å². The summed E-state index contributed by atoms with van der Waals surface area (Å²) in [5.74, 6) is 0.687. The highest BCUT2D eigenvalue weighted by Crippen LogP contribution is 2.38. The van der Waals surface area contributed by atoms with E-state index in [-0.39, 0.29) is 16.9 Å². The van der Waals surface area contributed by atoms with Gasteiger partial charge in [0.1, 0.15) is 0 Å². The van der Waals surface area contributed by atoms with Crippen molar-refractivity contribution in [3.63, 3.8) is 0 Å². The Bertz CT molecular complexity index is 1030. The van der Waals surface area contributed by atoms with Crippen LogP contribution in [0, 0.1) is 0 Å². The number of hydrogen-bond acceptors (Lipinski definition) is 6. The lowest BCUT2D eigenvalue weighted by molar-refractivity contribution is 0.102. The monoisotopic (exact) mass is 354 g/mol. The van der Waals surface area contributed by atoms with E-state index in [2.05, 4.69) is 4.98 Å². The van der Waals surface area contributed by atoms with Gasteiger partial charge in [-0.15, -0.1) is 0 Å². The van der Waals surface area contributed by atoms with Crippen LogP contribution in [0.4, 0.5) is 0 Å². The number of ketones is 1. The molecule has 0 saturated heterocycles. The normalized spacial score (nSPS) is 10.6. The summed E-state index contributed by atoms with van der Waals surface area (Å²) >= 11 is 0. The van der Waals surface area contributed by atoms with Gasteiger partial charge in [0.05, 0.1) is 32.2 Å². The Hall–Kier alpha value is -3.35. The van der Waals surface area contributed by atoms with Gasteiger partial charge in [0.2, 0.25) is 11.5 Å². The molecule has 1 aromatic heterocycles. The number of ether oxygens (including phenoxy) is 3. The fourth-order valence-corrected chi connectivity index (χ4v) is 2.76. The van der Waals surface area contributed by atoms with Crippen molar-refractivity contribution in [2.24, 2.45) is 7.05 Å². The Morgan fingerprint density at radius 1 is 1.00 bits per heavy atom. The number of para-hydroxylation sites is 1. The number of aromatic nitrogens is 2. The van der Waals surface area contributed by atoms with E-state index in [0.29, 0.717) is 28.2 Å². The van der Waals surface area contributed by atoms with Crippen molar-refractivity contribution in [2.75, 3.05) is 21.3 Å². The Morgan fingerprint density at radius 2 is 1.62 bits per heavy atom. The van der Waals surface area contributed by atoms with Gasteiger partial charge in [-0.3, -0.25) is 14.2 Å². The molecule has 3 rings (SSSR count). The van der Waals surface area contributed by atoms with E-state index in [1.807, 2.05) is 0 Å². The number of carbonyl (C=O) groups excluding carboxylic acids is 1. The third kappa shape index (κ3) is 2.77. The maximum atomic E-state index is 13.0. The van der Waals surface area contributed by atoms with Crippen LogP contribution >= 0.6 is 0 Å². The molecule has 3 aromatic rings. The second kappa shape index (κ2) is 6.87. The van der Waals surface area contributed by atoms with Gasteiger partial charge in [-0.05, 0) is 24.3 Å². The van der Waals surface area contributed by atoms with Crippen molar-refractivity contribution in [1.82, 2.24) is 9.55 Å². The Labute approximate surface area is 149 Å². The number of fused-ring (bicyclic) bond motifs is 1. The summed E-state index contributed by atoms with van der Waals surface area (Å²) < 4.78 is 17.1. The molecule has 0 atom stereocenters. The van der Waals surface area contributed by atoms with Crippen molar-refractivity contribution in [3.8, 4) is 17.2 Å². The Kier molecular flexibility index (Phi) is 4.62. The molecule has 0 fully saturated rings. The maximum absolute atomic E-state index is 13.0. The first-order valence-electron chi connectivity index (χ1n) is 7.82. The van der Waals surface area contributed by atoms with Gasteiger partial charge < -0.3 is 14.2 Å². The highest BCUT2D eigenvalue weighted by molar-refractivity contribution is 6.08. The van der Waals surface area contributed by atoms with Crippen LogP contribution in [0.3, 0.4) is 0 Å². The largest absolute Gasteiger partial charge is 0.493 e. The van der Waals surface area contributed by atoms with Crippen molar-refractivity contribution in [1.29, 1.82) is 0 Å². The van der Waals surface area contributed by atoms with Crippen LogP contribution in [-0.4, -0.2) is 36.7 Å². The van der Waals surface area contributed by atoms with Gasteiger partial charge >= 0.3 is 0 Å². The van der Waals surface area contributed by atoms with Crippen molar-refractivity contribution in [2.45, 2.75) is 0 Å². The number of benzene rings is 2. The second-order valence-corrected chi connectivity index (χ2v) is 5.56. The van der Waals surface area contributed by atoms with E-state index in [9.17, 15) is 9.59 Å². The predicted octanol–water partition coefficient (Wildman–Crippen LogP) is 2.19. The van der Waals surface area contributed by atoms with E-state index >= 15 is 0 Å². The third-order valence-corrected chi connectivity index (χ3v) is 4.11. The van der Waals surface area contributed by atoms with Crippen LogP contribution in [0.15, 0.2) is 41.2 Å². The number of hydrogen-bond donors (Lipinski definition) is 0. The summed E-state index contributed by atoms with van der Waals surface area (Å²) in [6.45, 7) is 0. The molecule has 1 heterocycles. The molecule has 0 bridgehead atoms. The molecule has 0 radical (unpaired) electrons. The summed E-state index contributed by atoms with van der Waals surface area (Å²) in [5, 5.41) is 0.455. The third-order valence-electron chi connectivity index (χ3n) is 4.11. The van der Waals surface area contributed by atoms with Gasteiger partial charge in [0.15, 0.2) is 17.3 Å². The van der Waals surface area contributed by atoms with Crippen molar-refractivity contribution >= 4 is 16.7 Å². The van der Waals surface area contributed by atoms with Crippen molar-refractivity contribution in [3.05, 3.63) is 58.1 Å². The molecule has 0 saturated carbocycles. The van der Waals surface area contributed by atoms with Crippen LogP contribution < -0.4 is 19.8 Å². The highest BCUT2D eigenvalue weighted by Gasteiger charge is 2.21. The molecule has 0 unspecified atom stereocenters. The second-order valence-electron chi connectivity index (χ2n) is 5.56. The molecule has 0 aliphatic carbocycles. The molecule has 0 aliphatic heterocycles. The smallest absolute Gasteiger partial charge is 0.261 e. The standard InChI is InChI=1S/C19H18N2O5/c1-21-18(20-13-8-6-5-7-12(13)19(21)23)16(22)11-9-14(24-2)17(26-4)15(10-11)25-3/h5-10H,1-4H3. The van der Waals surface area contributed by atoms with Gasteiger partial charge in [0.25, 0.3) is 5.56 Å². The molecule has 26 heavy (non-hydrogen) atoms. The molecule has 7 heteroatoms. The Balaban J connectivity index is 2.20.